The van der Waals surface area contributed by atoms with Gasteiger partial charge < -0.3 is 10.1 Å². The first kappa shape index (κ1) is 18.2. The smallest absolute Gasteiger partial charge is 0.0669 e. The zero-order chi connectivity index (χ0) is 15.9. The van der Waals surface area contributed by atoms with Crippen LogP contribution in [0.1, 0.15) is 64.9 Å². The number of rotatable bonds is 9. The molecule has 0 atom stereocenters. The molecule has 1 aromatic heterocycles. The summed E-state index contributed by atoms with van der Waals surface area (Å²) < 4.78 is 7.75. The van der Waals surface area contributed by atoms with Gasteiger partial charge in [-0.2, -0.15) is 5.10 Å². The molecule has 0 bridgehead atoms. The van der Waals surface area contributed by atoms with Gasteiger partial charge in [-0.1, -0.05) is 20.8 Å². The van der Waals surface area contributed by atoms with E-state index < -0.39 is 0 Å². The topological polar surface area (TPSA) is 39.1 Å². The molecule has 0 unspecified atom stereocenters. The molecule has 4 nitrogen and oxygen atoms in total. The summed E-state index contributed by atoms with van der Waals surface area (Å²) in [6, 6.07) is 0. The highest BCUT2D eigenvalue weighted by atomic mass is 16.5. The third kappa shape index (κ3) is 5.79. The number of hydrogen-bond donors (Lipinski definition) is 1. The molecule has 0 spiro atoms. The molecule has 0 amide bonds. The number of ether oxygens (including phenoxy) is 1. The molecule has 0 aromatic carbocycles. The number of nitrogens with zero attached hydrogens (tertiary/aromatic N) is 2. The molecule has 21 heavy (non-hydrogen) atoms. The van der Waals surface area contributed by atoms with Gasteiger partial charge in [0.1, 0.15) is 0 Å². The lowest BCUT2D eigenvalue weighted by Crippen LogP contribution is -2.35. The molecule has 0 saturated carbocycles. The molecule has 1 rings (SSSR count). The summed E-state index contributed by atoms with van der Waals surface area (Å²) in [6.07, 6.45) is 3.07. The predicted octanol–water partition coefficient (Wildman–Crippen LogP) is 3.32. The lowest BCUT2D eigenvalue weighted by atomic mass is 10.1. The number of hydrogen-bond acceptors (Lipinski definition) is 3. The first-order valence-electron chi connectivity index (χ1n) is 8.33. The van der Waals surface area contributed by atoms with Crippen LogP contribution in [-0.4, -0.2) is 28.5 Å². The molecule has 0 saturated heterocycles. The van der Waals surface area contributed by atoms with Crippen molar-refractivity contribution in [1.82, 2.24) is 15.1 Å². The minimum Gasteiger partial charge on any atom is -0.380 e. The SMILES string of the molecule is CCCOCCn1nc(CC)c(CNC(C)(C)C)c1CC. The van der Waals surface area contributed by atoms with E-state index >= 15 is 0 Å². The van der Waals surface area contributed by atoms with E-state index in [-0.39, 0.29) is 5.54 Å². The molecule has 4 heteroatoms. The maximum absolute atomic E-state index is 5.61. The first-order valence-corrected chi connectivity index (χ1v) is 8.33. The summed E-state index contributed by atoms with van der Waals surface area (Å²) in [5.41, 5.74) is 4.08. The van der Waals surface area contributed by atoms with Crippen LogP contribution >= 0.6 is 0 Å². The van der Waals surface area contributed by atoms with E-state index in [2.05, 4.69) is 51.5 Å². The molecule has 1 N–H and O–H groups in total. The summed E-state index contributed by atoms with van der Waals surface area (Å²) in [5.74, 6) is 0. The summed E-state index contributed by atoms with van der Waals surface area (Å²) in [5, 5.41) is 8.39. The minimum atomic E-state index is 0.127. The molecule has 0 aliphatic carbocycles. The van der Waals surface area contributed by atoms with Crippen molar-refractivity contribution in [3.63, 3.8) is 0 Å². The van der Waals surface area contributed by atoms with E-state index in [0.717, 1.165) is 45.6 Å². The van der Waals surface area contributed by atoms with Gasteiger partial charge in [0.15, 0.2) is 0 Å². The van der Waals surface area contributed by atoms with E-state index in [9.17, 15) is 0 Å². The summed E-state index contributed by atoms with van der Waals surface area (Å²) in [6.45, 7) is 16.5. The molecule has 0 aliphatic rings. The van der Waals surface area contributed by atoms with Gasteiger partial charge in [0.25, 0.3) is 0 Å². The van der Waals surface area contributed by atoms with E-state index in [1.165, 1.54) is 17.0 Å². The van der Waals surface area contributed by atoms with Crippen LogP contribution in [0, 0.1) is 0 Å². The van der Waals surface area contributed by atoms with Gasteiger partial charge in [-0.3, -0.25) is 4.68 Å². The van der Waals surface area contributed by atoms with Gasteiger partial charge in [-0.15, -0.1) is 0 Å². The highest BCUT2D eigenvalue weighted by Crippen LogP contribution is 2.17. The van der Waals surface area contributed by atoms with Gasteiger partial charge >= 0.3 is 0 Å². The van der Waals surface area contributed by atoms with Crippen LogP contribution in [0.3, 0.4) is 0 Å². The first-order chi connectivity index (χ1) is 9.92. The Morgan fingerprint density at radius 3 is 2.33 bits per heavy atom. The van der Waals surface area contributed by atoms with Gasteiger partial charge in [0.2, 0.25) is 0 Å². The van der Waals surface area contributed by atoms with Crippen LogP contribution in [0.4, 0.5) is 0 Å². The molecule has 1 aromatic rings. The highest BCUT2D eigenvalue weighted by Gasteiger charge is 2.17. The van der Waals surface area contributed by atoms with Crippen LogP contribution in [0.15, 0.2) is 0 Å². The van der Waals surface area contributed by atoms with Crippen molar-refractivity contribution < 1.29 is 4.74 Å². The van der Waals surface area contributed by atoms with E-state index in [1.807, 2.05) is 0 Å². The van der Waals surface area contributed by atoms with Crippen LogP contribution in [-0.2, 0) is 30.7 Å². The average Bonchev–Trinajstić information content (AvgIpc) is 2.77. The van der Waals surface area contributed by atoms with Crippen molar-refractivity contribution in [3.05, 3.63) is 17.0 Å². The third-order valence-corrected chi connectivity index (χ3v) is 3.51. The Morgan fingerprint density at radius 1 is 1.10 bits per heavy atom. The number of nitrogens with one attached hydrogen (secondary N) is 1. The molecule has 0 fully saturated rings. The van der Waals surface area contributed by atoms with Crippen LogP contribution in [0.5, 0.6) is 0 Å². The fraction of sp³-hybridized carbons (Fsp3) is 0.824. The average molecular weight is 295 g/mol. The van der Waals surface area contributed by atoms with Crippen LogP contribution in [0.2, 0.25) is 0 Å². The highest BCUT2D eigenvalue weighted by molar-refractivity contribution is 5.27. The largest absolute Gasteiger partial charge is 0.380 e. The fourth-order valence-electron chi connectivity index (χ4n) is 2.41. The van der Waals surface area contributed by atoms with Gasteiger partial charge in [-0.05, 0) is 40.0 Å². The van der Waals surface area contributed by atoms with Gasteiger partial charge in [-0.25, -0.2) is 0 Å². The van der Waals surface area contributed by atoms with E-state index in [1.54, 1.807) is 0 Å². The summed E-state index contributed by atoms with van der Waals surface area (Å²) in [7, 11) is 0. The minimum absolute atomic E-state index is 0.127. The molecule has 0 radical (unpaired) electrons. The zero-order valence-corrected chi connectivity index (χ0v) is 14.8. The van der Waals surface area contributed by atoms with Gasteiger partial charge in [0, 0.05) is 29.9 Å². The number of aromatic nitrogens is 2. The van der Waals surface area contributed by atoms with Crippen molar-refractivity contribution in [2.45, 2.75) is 79.4 Å². The summed E-state index contributed by atoms with van der Waals surface area (Å²) in [4.78, 5) is 0. The quantitative estimate of drug-likeness (QED) is 0.710. The van der Waals surface area contributed by atoms with Gasteiger partial charge in [0.05, 0.1) is 18.8 Å². The Balaban J connectivity index is 2.82. The van der Waals surface area contributed by atoms with Crippen molar-refractivity contribution in [2.75, 3.05) is 13.2 Å². The Labute approximate surface area is 130 Å². The summed E-state index contributed by atoms with van der Waals surface area (Å²) >= 11 is 0. The predicted molar refractivity (Wildman–Crippen MR) is 88.7 cm³/mol. The third-order valence-electron chi connectivity index (χ3n) is 3.51. The molecular formula is C17H33N3O. The second kappa shape index (κ2) is 8.54. The fourth-order valence-corrected chi connectivity index (χ4v) is 2.41. The maximum Gasteiger partial charge on any atom is 0.0669 e. The standard InChI is InChI=1S/C17H33N3O/c1-7-11-21-12-10-20-16(9-3)14(15(8-2)19-20)13-18-17(4,5)6/h18H,7-13H2,1-6H3. The Hall–Kier alpha value is -0.870. The van der Waals surface area contributed by atoms with Crippen LogP contribution in [0.25, 0.3) is 0 Å². The van der Waals surface area contributed by atoms with Crippen molar-refractivity contribution >= 4 is 0 Å². The second-order valence-corrected chi connectivity index (χ2v) is 6.52. The Bertz CT molecular complexity index is 418. The van der Waals surface area contributed by atoms with E-state index in [0.29, 0.717) is 0 Å². The zero-order valence-electron chi connectivity index (χ0n) is 14.8. The second-order valence-electron chi connectivity index (χ2n) is 6.52. The lowest BCUT2D eigenvalue weighted by molar-refractivity contribution is 0.123. The monoisotopic (exact) mass is 295 g/mol. The molecule has 1 heterocycles. The normalized spacial score (nSPS) is 12.1. The van der Waals surface area contributed by atoms with Crippen molar-refractivity contribution in [1.29, 1.82) is 0 Å². The lowest BCUT2D eigenvalue weighted by Gasteiger charge is -2.21. The number of aryl methyl sites for hydroxylation is 1. The molecular weight excluding hydrogens is 262 g/mol. The molecule has 0 aliphatic heterocycles. The van der Waals surface area contributed by atoms with Crippen LogP contribution < -0.4 is 5.32 Å². The Morgan fingerprint density at radius 2 is 1.81 bits per heavy atom. The van der Waals surface area contributed by atoms with Crippen molar-refractivity contribution in [2.24, 2.45) is 0 Å². The van der Waals surface area contributed by atoms with E-state index in [4.69, 9.17) is 9.84 Å². The Kier molecular flexibility index (Phi) is 7.40. The maximum atomic E-state index is 5.61. The molecule has 122 valence electrons. The van der Waals surface area contributed by atoms with Crippen molar-refractivity contribution in [3.8, 4) is 0 Å².